The molecule has 1 heterocycles. The van der Waals surface area contributed by atoms with Crippen molar-refractivity contribution < 1.29 is 14.3 Å². The molecule has 1 aliphatic heterocycles. The summed E-state index contributed by atoms with van der Waals surface area (Å²) in [5, 5.41) is 0. The van der Waals surface area contributed by atoms with Crippen LogP contribution in [0.1, 0.15) is 12.8 Å². The molecule has 1 saturated heterocycles. The van der Waals surface area contributed by atoms with Crippen LogP contribution in [0.5, 0.6) is 0 Å². The van der Waals surface area contributed by atoms with Gasteiger partial charge in [0, 0.05) is 19.0 Å². The molecule has 0 aromatic carbocycles. The second-order valence-corrected chi connectivity index (χ2v) is 3.20. The number of carbonyl (C=O) groups excluding carboxylic acids is 2. The van der Waals surface area contributed by atoms with Gasteiger partial charge in [-0.2, -0.15) is 0 Å². The smallest absolute Gasteiger partial charge is 0.410 e. The van der Waals surface area contributed by atoms with Crippen LogP contribution in [0.25, 0.3) is 0 Å². The van der Waals surface area contributed by atoms with Crippen LogP contribution >= 0.6 is 11.6 Å². The molecule has 0 bridgehead atoms. The molecule has 0 aromatic rings. The Bertz CT molecular complexity index is 190. The van der Waals surface area contributed by atoms with Gasteiger partial charge in [0.15, 0.2) is 6.07 Å². The van der Waals surface area contributed by atoms with Crippen LogP contribution in [0.2, 0.25) is 0 Å². The summed E-state index contributed by atoms with van der Waals surface area (Å²) < 4.78 is 4.61. The molecule has 1 amide bonds. The van der Waals surface area contributed by atoms with Crippen LogP contribution < -0.4 is 0 Å². The third-order valence-electron chi connectivity index (χ3n) is 2.17. The van der Waals surface area contributed by atoms with E-state index in [2.05, 4.69) is 4.74 Å². The minimum atomic E-state index is -0.389. The average molecular weight is 206 g/mol. The molecule has 1 aliphatic rings. The molecule has 1 rings (SSSR count). The molecular weight excluding hydrogens is 194 g/mol. The Morgan fingerprint density at radius 3 is 2.62 bits per heavy atom. The van der Waals surface area contributed by atoms with Crippen LogP contribution in [0.15, 0.2) is 0 Å². The van der Waals surface area contributed by atoms with Crippen molar-refractivity contribution in [3.05, 3.63) is 0 Å². The number of ether oxygens (including phenoxy) is 1. The van der Waals surface area contributed by atoms with E-state index in [0.717, 1.165) is 19.1 Å². The normalized spacial score (nSPS) is 18.4. The number of piperidine rings is 1. The van der Waals surface area contributed by atoms with E-state index in [9.17, 15) is 9.59 Å². The number of likely N-dealkylation sites (tertiary alicyclic amines) is 1. The number of aldehydes is 1. The minimum absolute atomic E-state index is 0.0973. The summed E-state index contributed by atoms with van der Waals surface area (Å²) in [5.41, 5.74) is 0. The predicted molar refractivity (Wildman–Crippen MR) is 47.6 cm³/mol. The van der Waals surface area contributed by atoms with Crippen molar-refractivity contribution >= 4 is 24.0 Å². The first-order valence-corrected chi connectivity index (χ1v) is 4.74. The molecular formula is C8H12ClNO3. The second kappa shape index (κ2) is 5.07. The fourth-order valence-corrected chi connectivity index (χ4v) is 1.45. The molecule has 0 atom stereocenters. The molecule has 0 N–H and O–H groups in total. The van der Waals surface area contributed by atoms with E-state index in [4.69, 9.17) is 11.6 Å². The lowest BCUT2D eigenvalue weighted by molar-refractivity contribution is -0.112. The van der Waals surface area contributed by atoms with Gasteiger partial charge in [0.2, 0.25) is 0 Å². The summed E-state index contributed by atoms with van der Waals surface area (Å²) in [4.78, 5) is 23.1. The topological polar surface area (TPSA) is 46.6 Å². The lowest BCUT2D eigenvalue weighted by atomic mass is 9.99. The summed E-state index contributed by atoms with van der Waals surface area (Å²) in [5.74, 6) is 0.0973. The third-order valence-corrected chi connectivity index (χ3v) is 2.28. The minimum Gasteiger partial charge on any atom is -0.433 e. The van der Waals surface area contributed by atoms with Crippen LogP contribution in [0.3, 0.4) is 0 Å². The third kappa shape index (κ3) is 2.88. The lowest BCUT2D eigenvalue weighted by Gasteiger charge is -2.28. The number of hydrogen-bond donors (Lipinski definition) is 0. The summed E-state index contributed by atoms with van der Waals surface area (Å²) >= 11 is 5.25. The van der Waals surface area contributed by atoms with E-state index in [1.807, 2.05) is 0 Å². The van der Waals surface area contributed by atoms with Gasteiger partial charge in [0.1, 0.15) is 6.29 Å². The van der Waals surface area contributed by atoms with Gasteiger partial charge in [-0.15, -0.1) is 0 Å². The second-order valence-electron chi connectivity index (χ2n) is 2.98. The molecule has 0 unspecified atom stereocenters. The predicted octanol–water partition coefficient (Wildman–Crippen LogP) is 1.23. The Kier molecular flexibility index (Phi) is 4.02. The van der Waals surface area contributed by atoms with Crippen molar-refractivity contribution in [2.24, 2.45) is 5.92 Å². The number of hydrogen-bond acceptors (Lipinski definition) is 3. The highest BCUT2D eigenvalue weighted by Gasteiger charge is 2.22. The van der Waals surface area contributed by atoms with E-state index in [1.165, 1.54) is 0 Å². The zero-order chi connectivity index (χ0) is 9.68. The monoisotopic (exact) mass is 205 g/mol. The Balaban J connectivity index is 2.31. The fraction of sp³-hybridized carbons (Fsp3) is 0.750. The van der Waals surface area contributed by atoms with Gasteiger partial charge >= 0.3 is 6.09 Å². The summed E-state index contributed by atoms with van der Waals surface area (Å²) in [6, 6.07) is -0.119. The number of nitrogens with zero attached hydrogens (tertiary/aromatic N) is 1. The van der Waals surface area contributed by atoms with Gasteiger partial charge in [0.25, 0.3) is 0 Å². The number of halogens is 1. The fourth-order valence-electron chi connectivity index (χ4n) is 1.36. The zero-order valence-electron chi connectivity index (χ0n) is 7.24. The maximum absolute atomic E-state index is 11.1. The van der Waals surface area contributed by atoms with Gasteiger partial charge < -0.3 is 14.4 Å². The highest BCUT2D eigenvalue weighted by Crippen LogP contribution is 2.15. The number of rotatable bonds is 2. The highest BCUT2D eigenvalue weighted by atomic mass is 35.5. The Hall–Kier alpha value is -0.770. The number of alkyl halides is 1. The standard InChI is InChI=1S/C8H12ClNO3/c9-6-13-8(12)10-3-1-7(5-11)2-4-10/h5,7H,1-4,6H2. The van der Waals surface area contributed by atoms with Gasteiger partial charge in [-0.3, -0.25) is 0 Å². The van der Waals surface area contributed by atoms with E-state index in [0.29, 0.717) is 13.1 Å². The Labute approximate surface area is 81.8 Å². The first-order valence-electron chi connectivity index (χ1n) is 4.21. The molecule has 0 spiro atoms. The van der Waals surface area contributed by atoms with Crippen molar-refractivity contribution in [1.29, 1.82) is 0 Å². The molecule has 4 nitrogen and oxygen atoms in total. The van der Waals surface area contributed by atoms with Gasteiger partial charge in [-0.1, -0.05) is 11.6 Å². The van der Waals surface area contributed by atoms with Crippen molar-refractivity contribution in [3.63, 3.8) is 0 Å². The maximum Gasteiger partial charge on any atom is 0.410 e. The van der Waals surface area contributed by atoms with E-state index < -0.39 is 0 Å². The van der Waals surface area contributed by atoms with Crippen molar-refractivity contribution in [2.45, 2.75) is 12.8 Å². The average Bonchev–Trinajstić information content (AvgIpc) is 2.18. The van der Waals surface area contributed by atoms with E-state index in [1.54, 1.807) is 4.90 Å². The largest absolute Gasteiger partial charge is 0.433 e. The van der Waals surface area contributed by atoms with Crippen molar-refractivity contribution in [1.82, 2.24) is 4.90 Å². The molecule has 1 fully saturated rings. The van der Waals surface area contributed by atoms with Gasteiger partial charge in [0.05, 0.1) is 0 Å². The molecule has 0 aromatic heterocycles. The molecule has 0 radical (unpaired) electrons. The first kappa shape index (κ1) is 10.3. The van der Waals surface area contributed by atoms with Crippen molar-refractivity contribution in [2.75, 3.05) is 19.2 Å². The lowest BCUT2D eigenvalue weighted by Crippen LogP contribution is -2.38. The molecule has 74 valence electrons. The van der Waals surface area contributed by atoms with Crippen LogP contribution in [-0.2, 0) is 9.53 Å². The van der Waals surface area contributed by atoms with Crippen LogP contribution in [-0.4, -0.2) is 36.4 Å². The molecule has 0 aliphatic carbocycles. The Morgan fingerprint density at radius 1 is 1.54 bits per heavy atom. The highest BCUT2D eigenvalue weighted by molar-refractivity contribution is 6.17. The van der Waals surface area contributed by atoms with E-state index >= 15 is 0 Å². The summed E-state index contributed by atoms with van der Waals surface area (Å²) in [6.07, 6.45) is 2.01. The Morgan fingerprint density at radius 2 is 2.15 bits per heavy atom. The molecule has 13 heavy (non-hydrogen) atoms. The zero-order valence-corrected chi connectivity index (χ0v) is 8.00. The first-order chi connectivity index (χ1) is 6.27. The van der Waals surface area contributed by atoms with Crippen LogP contribution in [0, 0.1) is 5.92 Å². The number of carbonyl (C=O) groups is 2. The summed E-state index contributed by atoms with van der Waals surface area (Å²) in [7, 11) is 0. The number of amides is 1. The van der Waals surface area contributed by atoms with Gasteiger partial charge in [-0.05, 0) is 12.8 Å². The maximum atomic E-state index is 11.1. The van der Waals surface area contributed by atoms with Crippen molar-refractivity contribution in [3.8, 4) is 0 Å². The van der Waals surface area contributed by atoms with Crippen LogP contribution in [0.4, 0.5) is 4.79 Å². The summed E-state index contributed by atoms with van der Waals surface area (Å²) in [6.45, 7) is 1.16. The molecule has 0 saturated carbocycles. The molecule has 5 heteroatoms. The SMILES string of the molecule is O=CC1CCN(C(=O)OCCl)CC1. The van der Waals surface area contributed by atoms with E-state index in [-0.39, 0.29) is 18.1 Å². The van der Waals surface area contributed by atoms with Gasteiger partial charge in [-0.25, -0.2) is 4.79 Å². The quantitative estimate of drug-likeness (QED) is 0.503.